The van der Waals surface area contributed by atoms with E-state index >= 15 is 0 Å². The van der Waals surface area contributed by atoms with Gasteiger partial charge < -0.3 is 11.1 Å². The number of anilines is 1. The second kappa shape index (κ2) is 5.64. The summed E-state index contributed by atoms with van der Waals surface area (Å²) in [7, 11) is 0. The Labute approximate surface area is 110 Å². The number of amides is 1. The van der Waals surface area contributed by atoms with Crippen LogP contribution in [0.4, 0.5) is 5.69 Å². The van der Waals surface area contributed by atoms with Gasteiger partial charge in [0.15, 0.2) is 0 Å². The quantitative estimate of drug-likeness (QED) is 0.831. The lowest BCUT2D eigenvalue weighted by molar-refractivity contribution is 0.0935. The molecule has 0 aliphatic rings. The third kappa shape index (κ3) is 2.87. The highest BCUT2D eigenvalue weighted by atomic mass is 32.1. The van der Waals surface area contributed by atoms with Gasteiger partial charge in [0, 0.05) is 22.8 Å². The van der Waals surface area contributed by atoms with Gasteiger partial charge in [-0.15, -0.1) is 11.3 Å². The van der Waals surface area contributed by atoms with E-state index in [0.29, 0.717) is 11.3 Å². The van der Waals surface area contributed by atoms with Crippen LogP contribution in [0.25, 0.3) is 0 Å². The van der Waals surface area contributed by atoms with Crippen LogP contribution in [0.15, 0.2) is 35.8 Å². The van der Waals surface area contributed by atoms with Gasteiger partial charge in [-0.2, -0.15) is 0 Å². The Morgan fingerprint density at radius 2 is 2.17 bits per heavy atom. The molecule has 0 fully saturated rings. The molecule has 0 aliphatic heterocycles. The standard InChI is InChI=1S/C13H15N3OS/c1-2-11(13-15-7-8-18-13)16-12(17)9-3-5-10(14)6-4-9/h3-8,11H,2,14H2,1H3,(H,16,17). The summed E-state index contributed by atoms with van der Waals surface area (Å²) in [5, 5.41) is 5.81. The van der Waals surface area contributed by atoms with Crippen LogP contribution in [-0.2, 0) is 0 Å². The Hall–Kier alpha value is -1.88. The number of carbonyl (C=O) groups is 1. The number of hydrogen-bond acceptors (Lipinski definition) is 4. The zero-order valence-corrected chi connectivity index (χ0v) is 10.9. The van der Waals surface area contributed by atoms with Crippen molar-refractivity contribution in [2.24, 2.45) is 0 Å². The Balaban J connectivity index is 2.08. The second-order valence-corrected chi connectivity index (χ2v) is 4.85. The van der Waals surface area contributed by atoms with Gasteiger partial charge in [-0.25, -0.2) is 4.98 Å². The summed E-state index contributed by atoms with van der Waals surface area (Å²) in [6, 6.07) is 6.85. The molecule has 3 N–H and O–H groups in total. The van der Waals surface area contributed by atoms with Gasteiger partial charge in [0.05, 0.1) is 6.04 Å². The van der Waals surface area contributed by atoms with Crippen LogP contribution in [0.5, 0.6) is 0 Å². The molecule has 1 heterocycles. The molecule has 0 saturated heterocycles. The van der Waals surface area contributed by atoms with Crippen LogP contribution in [-0.4, -0.2) is 10.9 Å². The number of aromatic nitrogens is 1. The van der Waals surface area contributed by atoms with Gasteiger partial charge in [-0.05, 0) is 30.7 Å². The highest BCUT2D eigenvalue weighted by Gasteiger charge is 2.15. The van der Waals surface area contributed by atoms with Crippen molar-refractivity contribution in [2.45, 2.75) is 19.4 Å². The highest BCUT2D eigenvalue weighted by molar-refractivity contribution is 7.09. The van der Waals surface area contributed by atoms with E-state index in [1.165, 1.54) is 0 Å². The first-order valence-electron chi connectivity index (χ1n) is 5.76. The van der Waals surface area contributed by atoms with E-state index in [1.807, 2.05) is 12.3 Å². The van der Waals surface area contributed by atoms with Crippen molar-refractivity contribution in [3.05, 3.63) is 46.4 Å². The van der Waals surface area contributed by atoms with Crippen LogP contribution >= 0.6 is 11.3 Å². The fourth-order valence-electron chi connectivity index (χ4n) is 1.62. The first kappa shape index (κ1) is 12.6. The molecule has 1 unspecified atom stereocenters. The summed E-state index contributed by atoms with van der Waals surface area (Å²) < 4.78 is 0. The van der Waals surface area contributed by atoms with E-state index in [4.69, 9.17) is 5.73 Å². The molecule has 0 aliphatic carbocycles. The third-order valence-electron chi connectivity index (χ3n) is 2.64. The monoisotopic (exact) mass is 261 g/mol. The number of nitrogen functional groups attached to an aromatic ring is 1. The maximum atomic E-state index is 12.0. The zero-order chi connectivity index (χ0) is 13.0. The van der Waals surface area contributed by atoms with E-state index < -0.39 is 0 Å². The minimum atomic E-state index is -0.1000. The molecule has 0 spiro atoms. The molecular weight excluding hydrogens is 246 g/mol. The van der Waals surface area contributed by atoms with Crippen molar-refractivity contribution in [2.75, 3.05) is 5.73 Å². The predicted octanol–water partition coefficient (Wildman–Crippen LogP) is 2.61. The average molecular weight is 261 g/mol. The maximum Gasteiger partial charge on any atom is 0.251 e. The van der Waals surface area contributed by atoms with Crippen LogP contribution < -0.4 is 11.1 Å². The van der Waals surface area contributed by atoms with Crippen molar-refractivity contribution in [1.82, 2.24) is 10.3 Å². The van der Waals surface area contributed by atoms with Crippen molar-refractivity contribution >= 4 is 22.9 Å². The van der Waals surface area contributed by atoms with Gasteiger partial charge in [-0.1, -0.05) is 6.92 Å². The normalized spacial score (nSPS) is 12.1. The molecule has 1 atom stereocenters. The average Bonchev–Trinajstić information content (AvgIpc) is 2.90. The summed E-state index contributed by atoms with van der Waals surface area (Å²) in [6.07, 6.45) is 2.56. The largest absolute Gasteiger partial charge is 0.399 e. The lowest BCUT2D eigenvalue weighted by atomic mass is 10.1. The molecule has 0 bridgehead atoms. The molecule has 94 valence electrons. The second-order valence-electron chi connectivity index (χ2n) is 3.93. The SMILES string of the molecule is CCC(NC(=O)c1ccc(N)cc1)c1nccs1. The number of benzene rings is 1. The van der Waals surface area contributed by atoms with Crippen molar-refractivity contribution in [1.29, 1.82) is 0 Å². The Morgan fingerprint density at radius 1 is 1.44 bits per heavy atom. The Morgan fingerprint density at radius 3 is 2.72 bits per heavy atom. The molecule has 1 aromatic heterocycles. The minimum absolute atomic E-state index is 0.0324. The van der Waals surface area contributed by atoms with E-state index in [2.05, 4.69) is 10.3 Å². The Bertz CT molecular complexity index is 508. The summed E-state index contributed by atoms with van der Waals surface area (Å²) in [5.74, 6) is -0.1000. The van der Waals surface area contributed by atoms with Gasteiger partial charge in [0.1, 0.15) is 5.01 Å². The first-order chi connectivity index (χ1) is 8.70. The minimum Gasteiger partial charge on any atom is -0.399 e. The lowest BCUT2D eigenvalue weighted by Gasteiger charge is -2.14. The molecule has 0 saturated carbocycles. The van der Waals surface area contributed by atoms with Gasteiger partial charge in [0.25, 0.3) is 5.91 Å². The number of nitrogens with two attached hydrogens (primary N) is 1. The first-order valence-corrected chi connectivity index (χ1v) is 6.64. The van der Waals surface area contributed by atoms with E-state index in [0.717, 1.165) is 11.4 Å². The fourth-order valence-corrected chi connectivity index (χ4v) is 2.39. The number of nitrogens with zero attached hydrogens (tertiary/aromatic N) is 1. The smallest absolute Gasteiger partial charge is 0.251 e. The van der Waals surface area contributed by atoms with E-state index in [-0.39, 0.29) is 11.9 Å². The number of hydrogen-bond donors (Lipinski definition) is 2. The van der Waals surface area contributed by atoms with Crippen molar-refractivity contribution in [3.63, 3.8) is 0 Å². The molecule has 2 rings (SSSR count). The van der Waals surface area contributed by atoms with Crippen molar-refractivity contribution < 1.29 is 4.79 Å². The molecule has 1 amide bonds. The topological polar surface area (TPSA) is 68.0 Å². The Kier molecular flexibility index (Phi) is 3.94. The summed E-state index contributed by atoms with van der Waals surface area (Å²) in [4.78, 5) is 16.3. The maximum absolute atomic E-state index is 12.0. The van der Waals surface area contributed by atoms with Gasteiger partial charge >= 0.3 is 0 Å². The predicted molar refractivity (Wildman–Crippen MR) is 73.5 cm³/mol. The number of thiazole rings is 1. The van der Waals surface area contributed by atoms with Crippen LogP contribution in [0.2, 0.25) is 0 Å². The van der Waals surface area contributed by atoms with Crippen LogP contribution in [0.3, 0.4) is 0 Å². The zero-order valence-electron chi connectivity index (χ0n) is 10.1. The number of carbonyl (C=O) groups excluding carboxylic acids is 1. The van der Waals surface area contributed by atoms with E-state index in [1.54, 1.807) is 41.8 Å². The fraction of sp³-hybridized carbons (Fsp3) is 0.231. The molecule has 0 radical (unpaired) electrons. The molecular formula is C13H15N3OS. The molecule has 4 nitrogen and oxygen atoms in total. The molecule has 1 aromatic carbocycles. The summed E-state index contributed by atoms with van der Waals surface area (Å²) in [5.41, 5.74) is 6.85. The highest BCUT2D eigenvalue weighted by Crippen LogP contribution is 2.19. The number of nitrogens with one attached hydrogen (secondary N) is 1. The lowest BCUT2D eigenvalue weighted by Crippen LogP contribution is -2.28. The van der Waals surface area contributed by atoms with Crippen LogP contribution in [0.1, 0.15) is 34.8 Å². The third-order valence-corrected chi connectivity index (χ3v) is 3.53. The molecule has 2 aromatic rings. The molecule has 18 heavy (non-hydrogen) atoms. The van der Waals surface area contributed by atoms with Crippen LogP contribution in [0, 0.1) is 0 Å². The van der Waals surface area contributed by atoms with Crippen molar-refractivity contribution in [3.8, 4) is 0 Å². The van der Waals surface area contributed by atoms with Gasteiger partial charge in [0.2, 0.25) is 0 Å². The number of rotatable bonds is 4. The van der Waals surface area contributed by atoms with Gasteiger partial charge in [-0.3, -0.25) is 4.79 Å². The summed E-state index contributed by atoms with van der Waals surface area (Å²) >= 11 is 1.55. The van der Waals surface area contributed by atoms with E-state index in [9.17, 15) is 4.79 Å². The summed E-state index contributed by atoms with van der Waals surface area (Å²) in [6.45, 7) is 2.02. The molecule has 5 heteroatoms.